The van der Waals surface area contributed by atoms with Crippen molar-refractivity contribution in [1.29, 1.82) is 0 Å². The molecule has 1 aliphatic carbocycles. The molecule has 1 heterocycles. The smallest absolute Gasteiger partial charge is 0.416 e. The standard InChI is InChI=1S/C22H20F3NO3/c23-22(24,25)15-5-7-17-14(8-9-29-20(17)11-15)10-21(28)26-19-3-1-2-13-4-6-16(27)12-18(13)19/h1-3,5,7-8,11,16,27H,4,6,9-10,12H2,(H,26,28). The normalized spacial score (nSPS) is 18.2. The maximum absolute atomic E-state index is 12.9. The van der Waals surface area contributed by atoms with E-state index < -0.39 is 17.8 Å². The highest BCUT2D eigenvalue weighted by Gasteiger charge is 2.32. The molecule has 0 radical (unpaired) electrons. The van der Waals surface area contributed by atoms with Crippen molar-refractivity contribution in [2.45, 2.75) is 38.0 Å². The number of ether oxygens (including phenoxy) is 1. The summed E-state index contributed by atoms with van der Waals surface area (Å²) in [7, 11) is 0. The molecular formula is C22H20F3NO3. The summed E-state index contributed by atoms with van der Waals surface area (Å²) in [5.41, 5.74) is 3.06. The van der Waals surface area contributed by atoms with E-state index in [2.05, 4.69) is 5.32 Å². The van der Waals surface area contributed by atoms with Crippen molar-refractivity contribution in [3.05, 3.63) is 64.7 Å². The minimum absolute atomic E-state index is 0.0218. The van der Waals surface area contributed by atoms with Crippen LogP contribution in [0.2, 0.25) is 0 Å². The van der Waals surface area contributed by atoms with Crippen LogP contribution in [0.3, 0.4) is 0 Å². The van der Waals surface area contributed by atoms with Crippen LogP contribution in [-0.2, 0) is 23.8 Å². The lowest BCUT2D eigenvalue weighted by Crippen LogP contribution is -2.22. The molecule has 4 rings (SSSR count). The van der Waals surface area contributed by atoms with E-state index in [0.29, 0.717) is 29.7 Å². The first kappa shape index (κ1) is 19.5. The summed E-state index contributed by atoms with van der Waals surface area (Å²) in [6, 6.07) is 8.97. The van der Waals surface area contributed by atoms with Crippen molar-refractivity contribution in [2.75, 3.05) is 11.9 Å². The number of rotatable bonds is 3. The van der Waals surface area contributed by atoms with Gasteiger partial charge in [-0.2, -0.15) is 13.2 Å². The van der Waals surface area contributed by atoms with Crippen molar-refractivity contribution in [2.24, 2.45) is 0 Å². The Kier molecular flexibility index (Phi) is 5.08. The zero-order chi connectivity index (χ0) is 20.6. The second kappa shape index (κ2) is 7.55. The van der Waals surface area contributed by atoms with Crippen LogP contribution in [0.5, 0.6) is 5.75 Å². The van der Waals surface area contributed by atoms with Crippen LogP contribution in [0.1, 0.15) is 35.1 Å². The van der Waals surface area contributed by atoms with Crippen molar-refractivity contribution >= 4 is 17.2 Å². The van der Waals surface area contributed by atoms with Crippen molar-refractivity contribution in [1.82, 2.24) is 0 Å². The van der Waals surface area contributed by atoms with Gasteiger partial charge >= 0.3 is 6.18 Å². The van der Waals surface area contributed by atoms with Crippen LogP contribution in [-0.4, -0.2) is 23.7 Å². The second-order valence-electron chi connectivity index (χ2n) is 7.31. The molecule has 1 unspecified atom stereocenters. The molecule has 4 nitrogen and oxygen atoms in total. The number of hydrogen-bond acceptors (Lipinski definition) is 3. The number of aliphatic hydroxyl groups is 1. The lowest BCUT2D eigenvalue weighted by Gasteiger charge is -2.24. The molecule has 1 atom stereocenters. The van der Waals surface area contributed by atoms with Gasteiger partial charge in [0.2, 0.25) is 5.91 Å². The summed E-state index contributed by atoms with van der Waals surface area (Å²) < 4.78 is 44.1. The van der Waals surface area contributed by atoms with Gasteiger partial charge in [0.05, 0.1) is 18.1 Å². The molecule has 2 aliphatic rings. The van der Waals surface area contributed by atoms with E-state index in [1.54, 1.807) is 12.1 Å². The van der Waals surface area contributed by atoms with E-state index in [0.717, 1.165) is 29.7 Å². The van der Waals surface area contributed by atoms with Gasteiger partial charge in [-0.05, 0) is 53.8 Å². The fourth-order valence-corrected chi connectivity index (χ4v) is 3.85. The van der Waals surface area contributed by atoms with Crippen molar-refractivity contribution < 1.29 is 27.8 Å². The highest BCUT2D eigenvalue weighted by molar-refractivity contribution is 5.99. The number of aryl methyl sites for hydroxylation is 1. The maximum Gasteiger partial charge on any atom is 0.416 e. The number of nitrogens with one attached hydrogen (secondary N) is 1. The molecule has 0 saturated carbocycles. The number of hydrogen-bond donors (Lipinski definition) is 2. The third-order valence-corrected chi connectivity index (χ3v) is 5.31. The SMILES string of the molecule is O=C(CC1=CCOc2cc(C(F)(F)F)ccc21)Nc1cccc2c1CC(O)CC2. The summed E-state index contributed by atoms with van der Waals surface area (Å²) in [5, 5.41) is 12.8. The molecule has 0 spiro atoms. The Balaban J connectivity index is 1.51. The molecule has 1 aliphatic heterocycles. The maximum atomic E-state index is 12.9. The molecule has 152 valence electrons. The Hall–Kier alpha value is -2.80. The first-order valence-electron chi connectivity index (χ1n) is 9.43. The zero-order valence-electron chi connectivity index (χ0n) is 15.6. The average molecular weight is 403 g/mol. The van der Waals surface area contributed by atoms with E-state index >= 15 is 0 Å². The monoisotopic (exact) mass is 403 g/mol. The van der Waals surface area contributed by atoms with Gasteiger partial charge in [0, 0.05) is 17.7 Å². The molecule has 29 heavy (non-hydrogen) atoms. The number of benzene rings is 2. The lowest BCUT2D eigenvalue weighted by molar-refractivity contribution is -0.137. The van der Waals surface area contributed by atoms with E-state index in [9.17, 15) is 23.1 Å². The molecule has 0 aromatic heterocycles. The molecule has 0 bridgehead atoms. The minimum Gasteiger partial charge on any atom is -0.489 e. The number of amides is 1. The minimum atomic E-state index is -4.45. The highest BCUT2D eigenvalue weighted by atomic mass is 19.4. The van der Waals surface area contributed by atoms with Crippen LogP contribution in [0.25, 0.3) is 5.57 Å². The van der Waals surface area contributed by atoms with Crippen LogP contribution in [0, 0.1) is 0 Å². The molecule has 0 saturated heterocycles. The van der Waals surface area contributed by atoms with E-state index in [4.69, 9.17) is 4.74 Å². The zero-order valence-corrected chi connectivity index (χ0v) is 15.6. The lowest BCUT2D eigenvalue weighted by atomic mass is 9.88. The van der Waals surface area contributed by atoms with Crippen LogP contribution in [0.4, 0.5) is 18.9 Å². The van der Waals surface area contributed by atoms with Gasteiger partial charge in [0.1, 0.15) is 12.4 Å². The molecule has 0 fully saturated rings. The largest absolute Gasteiger partial charge is 0.489 e. The van der Waals surface area contributed by atoms with Gasteiger partial charge in [0.15, 0.2) is 0 Å². The summed E-state index contributed by atoms with van der Waals surface area (Å²) in [6.07, 6.45) is -1.19. The van der Waals surface area contributed by atoms with Gasteiger partial charge in [-0.3, -0.25) is 4.79 Å². The number of fused-ring (bicyclic) bond motifs is 2. The predicted octanol–water partition coefficient (Wildman–Crippen LogP) is 4.36. The molecule has 1 amide bonds. The molecule has 2 aromatic carbocycles. The number of alkyl halides is 3. The van der Waals surface area contributed by atoms with E-state index in [-0.39, 0.29) is 24.7 Å². The van der Waals surface area contributed by atoms with Gasteiger partial charge in [-0.1, -0.05) is 18.2 Å². The number of carbonyl (C=O) groups excluding carboxylic acids is 1. The van der Waals surface area contributed by atoms with Crippen molar-refractivity contribution in [3.63, 3.8) is 0 Å². The second-order valence-corrected chi connectivity index (χ2v) is 7.31. The quantitative estimate of drug-likeness (QED) is 0.801. The third kappa shape index (κ3) is 4.15. The van der Waals surface area contributed by atoms with E-state index in [1.165, 1.54) is 6.07 Å². The number of carbonyl (C=O) groups is 1. The Labute approximate surface area is 166 Å². The summed E-state index contributed by atoms with van der Waals surface area (Å²) in [4.78, 5) is 12.6. The first-order chi connectivity index (χ1) is 13.8. The van der Waals surface area contributed by atoms with Gasteiger partial charge in [-0.15, -0.1) is 0 Å². The summed E-state index contributed by atoms with van der Waals surface area (Å²) in [5.74, 6) is -0.136. The van der Waals surface area contributed by atoms with Crippen LogP contribution >= 0.6 is 0 Å². The predicted molar refractivity (Wildman–Crippen MR) is 103 cm³/mol. The summed E-state index contributed by atoms with van der Waals surface area (Å²) in [6.45, 7) is 0.115. The summed E-state index contributed by atoms with van der Waals surface area (Å²) >= 11 is 0. The average Bonchev–Trinajstić information content (AvgIpc) is 2.67. The Morgan fingerprint density at radius 2 is 2.07 bits per heavy atom. The van der Waals surface area contributed by atoms with Crippen LogP contribution in [0.15, 0.2) is 42.5 Å². The Morgan fingerprint density at radius 3 is 2.86 bits per heavy atom. The third-order valence-electron chi connectivity index (χ3n) is 5.31. The topological polar surface area (TPSA) is 58.6 Å². The van der Waals surface area contributed by atoms with Gasteiger partial charge in [0.25, 0.3) is 0 Å². The highest BCUT2D eigenvalue weighted by Crippen LogP contribution is 2.38. The number of aliphatic hydroxyl groups excluding tert-OH is 1. The van der Waals surface area contributed by atoms with Gasteiger partial charge in [-0.25, -0.2) is 0 Å². The van der Waals surface area contributed by atoms with Crippen LogP contribution < -0.4 is 10.1 Å². The van der Waals surface area contributed by atoms with Crippen molar-refractivity contribution in [3.8, 4) is 5.75 Å². The van der Waals surface area contributed by atoms with E-state index in [1.807, 2.05) is 12.1 Å². The van der Waals surface area contributed by atoms with Gasteiger partial charge < -0.3 is 15.2 Å². The number of anilines is 1. The fraction of sp³-hybridized carbons (Fsp3) is 0.318. The number of halogens is 3. The Morgan fingerprint density at radius 1 is 1.24 bits per heavy atom. The molecule has 2 N–H and O–H groups in total. The fourth-order valence-electron chi connectivity index (χ4n) is 3.85. The first-order valence-corrected chi connectivity index (χ1v) is 9.43. The molecule has 2 aromatic rings. The Bertz CT molecular complexity index is 982. The molecular weight excluding hydrogens is 383 g/mol. The molecule has 7 heteroatoms.